The minimum absolute atomic E-state index is 0.00373. The lowest BCUT2D eigenvalue weighted by atomic mass is 9.81. The van der Waals surface area contributed by atoms with Crippen LogP contribution in [0, 0.1) is 0 Å². The van der Waals surface area contributed by atoms with Crippen molar-refractivity contribution in [3.8, 4) is 0 Å². The van der Waals surface area contributed by atoms with E-state index >= 15 is 0 Å². The summed E-state index contributed by atoms with van der Waals surface area (Å²) in [6.45, 7) is 8.00. The maximum Gasteiger partial charge on any atom is 0.283 e. The molecule has 0 radical (unpaired) electrons. The Balaban J connectivity index is 1.61. The molecule has 0 bridgehead atoms. The molecule has 5 rings (SSSR count). The van der Waals surface area contributed by atoms with Gasteiger partial charge in [0.05, 0.1) is 19.8 Å². The van der Waals surface area contributed by atoms with Crippen molar-refractivity contribution in [3.05, 3.63) is 87.7 Å². The first kappa shape index (κ1) is 24.6. The molecule has 0 fully saturated rings. The minimum Gasteiger partial charge on any atom is -0.395 e. The van der Waals surface area contributed by atoms with Crippen LogP contribution >= 0.6 is 12.6 Å². The van der Waals surface area contributed by atoms with Crippen LogP contribution in [-0.4, -0.2) is 40.3 Å². The molecule has 0 spiro atoms. The molecule has 0 amide bonds. The number of nitrogens with zero attached hydrogens (tertiary/aromatic N) is 3. The number of fused-ring (bicyclic) bond motifs is 2. The highest BCUT2D eigenvalue weighted by atomic mass is 32.1. The number of Topliss-reactive ketones (excluding diaryl/α,β-unsaturated/α-hetero) is 1. The lowest BCUT2D eigenvalue weighted by Gasteiger charge is -2.29. The maximum atomic E-state index is 13.4. The Morgan fingerprint density at radius 1 is 1.03 bits per heavy atom. The smallest absolute Gasteiger partial charge is 0.283 e. The number of aliphatic hydroxyl groups excluding tert-OH is 2. The summed E-state index contributed by atoms with van der Waals surface area (Å²) in [5.74, 6) is 0.816. The quantitative estimate of drug-likeness (QED) is 0.261. The number of imidazole rings is 1. The number of allylic oxidation sites excluding steroid dienone is 4. The SMILES string of the molecule is CCn1c(C=C2C(=O)C(C=C3N(CCO)c4ccccc4C3(C)C)=C2S)[n+](CCO)c2ccccc21. The number of anilines is 1. The van der Waals surface area contributed by atoms with Gasteiger partial charge in [-0.25, -0.2) is 9.13 Å². The summed E-state index contributed by atoms with van der Waals surface area (Å²) in [5.41, 5.74) is 6.12. The van der Waals surface area contributed by atoms with Gasteiger partial charge in [-0.15, -0.1) is 12.6 Å². The maximum absolute atomic E-state index is 13.4. The van der Waals surface area contributed by atoms with E-state index < -0.39 is 0 Å². The fourth-order valence-electron chi connectivity index (χ4n) is 5.55. The number of hydrogen-bond donors (Lipinski definition) is 3. The summed E-state index contributed by atoms with van der Waals surface area (Å²) >= 11 is 4.76. The van der Waals surface area contributed by atoms with E-state index in [1.807, 2.05) is 42.5 Å². The highest BCUT2D eigenvalue weighted by Crippen LogP contribution is 2.49. The van der Waals surface area contributed by atoms with Gasteiger partial charge in [0.15, 0.2) is 16.8 Å². The van der Waals surface area contributed by atoms with Crippen molar-refractivity contribution in [1.82, 2.24) is 4.57 Å². The van der Waals surface area contributed by atoms with Crippen LogP contribution in [0.1, 0.15) is 32.2 Å². The second-order valence-corrected chi connectivity index (χ2v) is 10.1. The van der Waals surface area contributed by atoms with Crippen molar-refractivity contribution in [2.75, 3.05) is 24.7 Å². The highest BCUT2D eigenvalue weighted by Gasteiger charge is 2.42. The van der Waals surface area contributed by atoms with Crippen LogP contribution in [0.3, 0.4) is 0 Å². The fourth-order valence-corrected chi connectivity index (χ4v) is 5.89. The van der Waals surface area contributed by atoms with E-state index in [0.717, 1.165) is 34.8 Å². The summed E-state index contributed by atoms with van der Waals surface area (Å²) < 4.78 is 4.21. The second-order valence-electron chi connectivity index (χ2n) is 9.66. The van der Waals surface area contributed by atoms with Crippen LogP contribution in [0.4, 0.5) is 5.69 Å². The number of aromatic nitrogens is 2. The lowest BCUT2D eigenvalue weighted by molar-refractivity contribution is -0.675. The summed E-state index contributed by atoms with van der Waals surface area (Å²) in [7, 11) is 0. The van der Waals surface area contributed by atoms with Crippen molar-refractivity contribution in [2.45, 2.75) is 39.3 Å². The number of aliphatic hydroxyl groups is 2. The molecule has 1 aliphatic carbocycles. The Labute approximate surface area is 216 Å². The second kappa shape index (κ2) is 9.39. The van der Waals surface area contributed by atoms with Gasteiger partial charge in [0.2, 0.25) is 0 Å². The third-order valence-electron chi connectivity index (χ3n) is 7.33. The molecule has 1 aromatic heterocycles. The van der Waals surface area contributed by atoms with E-state index in [2.05, 4.69) is 53.0 Å². The number of carbonyl (C=O) groups excluding carboxylic acids is 1. The molecule has 0 saturated heterocycles. The zero-order valence-corrected chi connectivity index (χ0v) is 21.8. The predicted molar refractivity (Wildman–Crippen MR) is 146 cm³/mol. The first-order valence-electron chi connectivity index (χ1n) is 12.4. The Hall–Kier alpha value is -3.13. The summed E-state index contributed by atoms with van der Waals surface area (Å²) in [5, 5.41) is 19.5. The molecule has 2 heterocycles. The number of hydrogen-bond acceptors (Lipinski definition) is 5. The zero-order valence-electron chi connectivity index (χ0n) is 20.9. The van der Waals surface area contributed by atoms with Gasteiger partial charge in [-0.1, -0.05) is 44.2 Å². The van der Waals surface area contributed by atoms with Crippen molar-refractivity contribution in [1.29, 1.82) is 0 Å². The van der Waals surface area contributed by atoms with Crippen LogP contribution in [0.5, 0.6) is 0 Å². The molecule has 36 heavy (non-hydrogen) atoms. The number of carbonyl (C=O) groups is 1. The van der Waals surface area contributed by atoms with Crippen LogP contribution in [0.15, 0.2) is 76.4 Å². The number of ketones is 1. The average molecular weight is 503 g/mol. The average Bonchev–Trinajstić information content (AvgIpc) is 3.29. The third kappa shape index (κ3) is 3.65. The molecule has 1 aliphatic heterocycles. The monoisotopic (exact) mass is 502 g/mol. The molecule has 186 valence electrons. The van der Waals surface area contributed by atoms with E-state index in [1.165, 1.54) is 5.56 Å². The largest absolute Gasteiger partial charge is 0.395 e. The molecule has 6 nitrogen and oxygen atoms in total. The number of thiol groups is 1. The normalized spacial score (nSPS) is 19.1. The topological polar surface area (TPSA) is 69.6 Å². The number of β-amino-alcohol motifs (C(OH)–C–C–N with tert-alkyl or cyclic N) is 1. The van der Waals surface area contributed by atoms with E-state index in [4.69, 9.17) is 12.6 Å². The van der Waals surface area contributed by atoms with Gasteiger partial charge in [-0.3, -0.25) is 4.79 Å². The van der Waals surface area contributed by atoms with Gasteiger partial charge >= 0.3 is 0 Å². The van der Waals surface area contributed by atoms with Gasteiger partial charge in [-0.2, -0.15) is 0 Å². The number of benzene rings is 2. The highest BCUT2D eigenvalue weighted by molar-refractivity contribution is 7.85. The van der Waals surface area contributed by atoms with Crippen molar-refractivity contribution in [2.24, 2.45) is 0 Å². The molecule has 0 unspecified atom stereocenters. The molecule has 7 heteroatoms. The first-order chi connectivity index (χ1) is 17.3. The Bertz CT molecular complexity index is 1460. The van der Waals surface area contributed by atoms with Gasteiger partial charge in [0.1, 0.15) is 6.54 Å². The molecular weight excluding hydrogens is 470 g/mol. The van der Waals surface area contributed by atoms with Crippen LogP contribution < -0.4 is 9.47 Å². The molecule has 0 saturated carbocycles. The van der Waals surface area contributed by atoms with Crippen molar-refractivity contribution in [3.63, 3.8) is 0 Å². The zero-order chi connectivity index (χ0) is 25.6. The van der Waals surface area contributed by atoms with Crippen LogP contribution in [0.2, 0.25) is 0 Å². The summed E-state index contributed by atoms with van der Waals surface area (Å²) in [6.07, 6.45) is 3.83. The Morgan fingerprint density at radius 3 is 2.44 bits per heavy atom. The minimum atomic E-state index is -0.314. The predicted octanol–water partition coefficient (Wildman–Crippen LogP) is 3.77. The molecule has 2 N–H and O–H groups in total. The van der Waals surface area contributed by atoms with E-state index in [0.29, 0.717) is 29.1 Å². The summed E-state index contributed by atoms with van der Waals surface area (Å²) in [6, 6.07) is 16.2. The fraction of sp³-hybridized carbons (Fsp3) is 0.310. The lowest BCUT2D eigenvalue weighted by Crippen LogP contribution is -2.38. The van der Waals surface area contributed by atoms with E-state index in [-0.39, 0.29) is 24.4 Å². The molecule has 2 aromatic carbocycles. The van der Waals surface area contributed by atoms with Gasteiger partial charge < -0.3 is 15.1 Å². The van der Waals surface area contributed by atoms with E-state index in [9.17, 15) is 15.0 Å². The van der Waals surface area contributed by atoms with Crippen LogP contribution in [0.25, 0.3) is 17.1 Å². The standard InChI is InChI=1S/C29H31N3O3S/c1-4-30-23-11-7-8-12-24(23)32(14-16-34)26(30)18-20-27(35)19(28(20)36)17-25-29(2,3)21-9-5-6-10-22(21)31(25)13-15-33/h5-12,17-18,33-34H,4,13-16H2,1-3H3/p+1. The molecular formula is C29H32N3O3S+. The van der Waals surface area contributed by atoms with Crippen molar-refractivity contribution < 1.29 is 19.6 Å². The van der Waals surface area contributed by atoms with Gasteiger partial charge in [-0.05, 0) is 36.8 Å². The van der Waals surface area contributed by atoms with Gasteiger partial charge in [0, 0.05) is 45.5 Å². The number of aryl methyl sites for hydroxylation is 1. The summed E-state index contributed by atoms with van der Waals surface area (Å²) in [4.78, 5) is 16.2. The van der Waals surface area contributed by atoms with Crippen LogP contribution in [-0.2, 0) is 23.3 Å². The number of para-hydroxylation sites is 3. The van der Waals surface area contributed by atoms with Crippen molar-refractivity contribution >= 4 is 41.2 Å². The Morgan fingerprint density at radius 2 is 1.75 bits per heavy atom. The number of rotatable bonds is 7. The van der Waals surface area contributed by atoms with E-state index in [1.54, 1.807) is 0 Å². The molecule has 2 aliphatic rings. The molecule has 0 atom stereocenters. The molecule has 3 aromatic rings. The Kier molecular flexibility index (Phi) is 6.41. The first-order valence-corrected chi connectivity index (χ1v) is 12.8. The van der Waals surface area contributed by atoms with Gasteiger partial charge in [0.25, 0.3) is 5.82 Å². The third-order valence-corrected chi connectivity index (χ3v) is 7.81.